The van der Waals surface area contributed by atoms with Crippen LogP contribution in [0.5, 0.6) is 0 Å². The van der Waals surface area contributed by atoms with Gasteiger partial charge in [-0.25, -0.2) is 0 Å². The third kappa shape index (κ3) is 4.52. The van der Waals surface area contributed by atoms with Gasteiger partial charge in [-0.3, -0.25) is 4.90 Å². The molecule has 2 fully saturated rings. The van der Waals surface area contributed by atoms with Crippen LogP contribution in [-0.4, -0.2) is 50.3 Å². The molecule has 0 aromatic heterocycles. The SMILES string of the molecule is COC1CCCN(CCNC2CCCC(C)C2)C1. The van der Waals surface area contributed by atoms with Crippen molar-refractivity contribution in [1.29, 1.82) is 0 Å². The van der Waals surface area contributed by atoms with Gasteiger partial charge in [-0.2, -0.15) is 0 Å². The second kappa shape index (κ2) is 7.46. The zero-order chi connectivity index (χ0) is 12.8. The lowest BCUT2D eigenvalue weighted by molar-refractivity contribution is 0.0315. The Hall–Kier alpha value is -0.120. The van der Waals surface area contributed by atoms with Crippen molar-refractivity contribution in [3.63, 3.8) is 0 Å². The summed E-state index contributed by atoms with van der Waals surface area (Å²) in [6.07, 6.45) is 8.59. The summed E-state index contributed by atoms with van der Waals surface area (Å²) in [5.41, 5.74) is 0. The fourth-order valence-corrected chi connectivity index (χ4v) is 3.45. The lowest BCUT2D eigenvalue weighted by atomic mass is 9.87. The third-order valence-corrected chi connectivity index (χ3v) is 4.59. The van der Waals surface area contributed by atoms with E-state index in [0.29, 0.717) is 6.10 Å². The zero-order valence-corrected chi connectivity index (χ0v) is 12.2. The van der Waals surface area contributed by atoms with Crippen molar-refractivity contribution in [2.45, 2.75) is 57.6 Å². The van der Waals surface area contributed by atoms with Gasteiger partial charge < -0.3 is 10.1 Å². The Morgan fingerprint density at radius 1 is 1.22 bits per heavy atom. The number of hydrogen-bond donors (Lipinski definition) is 1. The maximum Gasteiger partial charge on any atom is 0.0698 e. The molecule has 2 rings (SSSR count). The number of methoxy groups -OCH3 is 1. The monoisotopic (exact) mass is 254 g/mol. The molecule has 0 aromatic rings. The molecule has 3 heteroatoms. The average Bonchev–Trinajstić information content (AvgIpc) is 2.39. The van der Waals surface area contributed by atoms with Gasteiger partial charge in [0.15, 0.2) is 0 Å². The van der Waals surface area contributed by atoms with Crippen molar-refractivity contribution in [3.8, 4) is 0 Å². The van der Waals surface area contributed by atoms with Crippen LogP contribution >= 0.6 is 0 Å². The number of hydrogen-bond acceptors (Lipinski definition) is 3. The molecule has 18 heavy (non-hydrogen) atoms. The van der Waals surface area contributed by atoms with Crippen molar-refractivity contribution in [3.05, 3.63) is 0 Å². The maximum atomic E-state index is 5.47. The molecule has 0 spiro atoms. The van der Waals surface area contributed by atoms with E-state index < -0.39 is 0 Å². The van der Waals surface area contributed by atoms with Gasteiger partial charge in [0.2, 0.25) is 0 Å². The molecule has 1 saturated heterocycles. The molecule has 3 nitrogen and oxygen atoms in total. The van der Waals surface area contributed by atoms with Crippen LogP contribution in [-0.2, 0) is 4.74 Å². The van der Waals surface area contributed by atoms with Crippen molar-refractivity contribution in [2.24, 2.45) is 5.92 Å². The Labute approximate surface area is 112 Å². The van der Waals surface area contributed by atoms with Crippen LogP contribution in [0.1, 0.15) is 45.4 Å². The van der Waals surface area contributed by atoms with Gasteiger partial charge >= 0.3 is 0 Å². The minimum atomic E-state index is 0.466. The molecule has 3 atom stereocenters. The summed E-state index contributed by atoms with van der Waals surface area (Å²) in [4.78, 5) is 2.55. The van der Waals surface area contributed by atoms with Crippen molar-refractivity contribution < 1.29 is 4.74 Å². The Kier molecular flexibility index (Phi) is 5.93. The molecule has 1 aliphatic heterocycles. The fourth-order valence-electron chi connectivity index (χ4n) is 3.45. The van der Waals surface area contributed by atoms with Gasteiger partial charge in [0.05, 0.1) is 6.10 Å². The lowest BCUT2D eigenvalue weighted by Crippen LogP contribution is -2.44. The maximum absolute atomic E-state index is 5.47. The van der Waals surface area contributed by atoms with Crippen molar-refractivity contribution in [2.75, 3.05) is 33.3 Å². The number of nitrogens with zero attached hydrogens (tertiary/aromatic N) is 1. The largest absolute Gasteiger partial charge is 0.380 e. The van der Waals surface area contributed by atoms with Crippen LogP contribution < -0.4 is 5.32 Å². The molecule has 0 bridgehead atoms. The second-order valence-electron chi connectivity index (χ2n) is 6.22. The molecule has 3 unspecified atom stereocenters. The number of piperidine rings is 1. The summed E-state index contributed by atoms with van der Waals surface area (Å²) in [7, 11) is 1.84. The highest BCUT2D eigenvalue weighted by Crippen LogP contribution is 2.23. The van der Waals surface area contributed by atoms with Crippen LogP contribution in [0.3, 0.4) is 0 Å². The molecule has 0 aromatic carbocycles. The first kappa shape index (κ1) is 14.3. The molecule has 1 heterocycles. The van der Waals surface area contributed by atoms with E-state index in [1.807, 2.05) is 7.11 Å². The first-order valence-corrected chi connectivity index (χ1v) is 7.76. The lowest BCUT2D eigenvalue weighted by Gasteiger charge is -2.33. The van der Waals surface area contributed by atoms with Gasteiger partial charge in [0, 0.05) is 32.8 Å². The van der Waals surface area contributed by atoms with E-state index in [1.165, 1.54) is 51.6 Å². The first-order chi connectivity index (χ1) is 8.78. The van der Waals surface area contributed by atoms with Crippen molar-refractivity contribution in [1.82, 2.24) is 10.2 Å². The predicted octanol–water partition coefficient (Wildman–Crippen LogP) is 2.27. The average molecular weight is 254 g/mol. The van der Waals surface area contributed by atoms with E-state index in [4.69, 9.17) is 4.74 Å². The van der Waals surface area contributed by atoms with E-state index in [-0.39, 0.29) is 0 Å². The topological polar surface area (TPSA) is 24.5 Å². The summed E-state index contributed by atoms with van der Waals surface area (Å²) >= 11 is 0. The quantitative estimate of drug-likeness (QED) is 0.814. The van der Waals surface area contributed by atoms with Gasteiger partial charge in [0.25, 0.3) is 0 Å². The summed E-state index contributed by atoms with van der Waals surface area (Å²) in [5.74, 6) is 0.920. The van der Waals surface area contributed by atoms with E-state index in [2.05, 4.69) is 17.1 Å². The smallest absolute Gasteiger partial charge is 0.0698 e. The Morgan fingerprint density at radius 2 is 2.11 bits per heavy atom. The molecule has 1 saturated carbocycles. The highest BCUT2D eigenvalue weighted by atomic mass is 16.5. The Morgan fingerprint density at radius 3 is 2.89 bits per heavy atom. The standard InChI is InChI=1S/C15H30N2O/c1-13-5-3-6-14(11-13)16-8-10-17-9-4-7-15(12-17)18-2/h13-16H,3-12H2,1-2H3. The van der Waals surface area contributed by atoms with Crippen LogP contribution in [0.4, 0.5) is 0 Å². The van der Waals surface area contributed by atoms with Gasteiger partial charge in [0.1, 0.15) is 0 Å². The number of ether oxygens (including phenoxy) is 1. The normalized spacial score (nSPS) is 34.7. The highest BCUT2D eigenvalue weighted by Gasteiger charge is 2.20. The van der Waals surface area contributed by atoms with Gasteiger partial charge in [-0.1, -0.05) is 19.8 Å². The summed E-state index contributed by atoms with van der Waals surface area (Å²) in [6.45, 7) is 7.10. The number of rotatable bonds is 5. The van der Waals surface area contributed by atoms with Crippen molar-refractivity contribution >= 4 is 0 Å². The molecule has 2 aliphatic rings. The molecule has 0 amide bonds. The zero-order valence-electron chi connectivity index (χ0n) is 12.2. The van der Waals surface area contributed by atoms with E-state index in [0.717, 1.165) is 25.0 Å². The van der Waals surface area contributed by atoms with Crippen LogP contribution in [0, 0.1) is 5.92 Å². The van der Waals surface area contributed by atoms with Crippen LogP contribution in [0.25, 0.3) is 0 Å². The molecule has 1 aliphatic carbocycles. The minimum absolute atomic E-state index is 0.466. The molecule has 106 valence electrons. The number of nitrogens with one attached hydrogen (secondary N) is 1. The molecule has 1 N–H and O–H groups in total. The summed E-state index contributed by atoms with van der Waals surface area (Å²) in [6, 6.07) is 0.775. The fraction of sp³-hybridized carbons (Fsp3) is 1.00. The molecular weight excluding hydrogens is 224 g/mol. The number of likely N-dealkylation sites (tertiary alicyclic amines) is 1. The first-order valence-electron chi connectivity index (χ1n) is 7.76. The van der Waals surface area contributed by atoms with Crippen LogP contribution in [0.15, 0.2) is 0 Å². The Balaban J connectivity index is 1.59. The van der Waals surface area contributed by atoms with Gasteiger partial charge in [-0.05, 0) is 38.1 Å². The van der Waals surface area contributed by atoms with E-state index >= 15 is 0 Å². The van der Waals surface area contributed by atoms with Crippen LogP contribution in [0.2, 0.25) is 0 Å². The minimum Gasteiger partial charge on any atom is -0.380 e. The Bertz CT molecular complexity index is 235. The molecular formula is C15H30N2O. The predicted molar refractivity (Wildman–Crippen MR) is 75.9 cm³/mol. The van der Waals surface area contributed by atoms with E-state index in [1.54, 1.807) is 0 Å². The summed E-state index contributed by atoms with van der Waals surface area (Å²) in [5, 5.41) is 3.75. The molecule has 0 radical (unpaired) electrons. The van der Waals surface area contributed by atoms with E-state index in [9.17, 15) is 0 Å². The third-order valence-electron chi connectivity index (χ3n) is 4.59. The summed E-state index contributed by atoms with van der Waals surface area (Å²) < 4.78 is 5.47. The highest BCUT2D eigenvalue weighted by molar-refractivity contribution is 4.78. The second-order valence-corrected chi connectivity index (χ2v) is 6.22. The van der Waals surface area contributed by atoms with Gasteiger partial charge in [-0.15, -0.1) is 0 Å².